The highest BCUT2D eigenvalue weighted by Crippen LogP contribution is 2.43. The molecule has 180 valence electrons. The van der Waals surface area contributed by atoms with Crippen LogP contribution < -0.4 is 15.0 Å². The van der Waals surface area contributed by atoms with Crippen molar-refractivity contribution in [1.29, 1.82) is 0 Å². The van der Waals surface area contributed by atoms with E-state index in [1.54, 1.807) is 49.5 Å². The number of likely N-dealkylation sites (N-methyl/N-ethyl adjacent to an activating group) is 1. The van der Waals surface area contributed by atoms with Crippen LogP contribution in [0.15, 0.2) is 72.8 Å². The number of esters is 1. The monoisotopic (exact) mass is 494 g/mol. The summed E-state index contributed by atoms with van der Waals surface area (Å²) in [6.45, 7) is -0.147. The molecule has 0 bridgehead atoms. The van der Waals surface area contributed by atoms with Gasteiger partial charge in [0, 0.05) is 23.3 Å². The lowest BCUT2D eigenvalue weighted by Gasteiger charge is -2.40. The van der Waals surface area contributed by atoms with Crippen molar-refractivity contribution in [3.63, 3.8) is 0 Å². The van der Waals surface area contributed by atoms with Crippen LogP contribution in [0.2, 0.25) is 5.02 Å². The molecule has 0 aliphatic carbocycles. The van der Waals surface area contributed by atoms with Crippen LogP contribution in [-0.4, -0.2) is 49.8 Å². The van der Waals surface area contributed by atoms with Gasteiger partial charge in [-0.1, -0.05) is 41.9 Å². The summed E-state index contributed by atoms with van der Waals surface area (Å²) in [6.07, 6.45) is -1.52. The molecule has 35 heavy (non-hydrogen) atoms. The molecule has 9 heteroatoms. The van der Waals surface area contributed by atoms with E-state index in [-0.39, 0.29) is 18.2 Å². The third kappa shape index (κ3) is 4.45. The van der Waals surface area contributed by atoms with E-state index in [9.17, 15) is 19.5 Å². The van der Waals surface area contributed by atoms with Gasteiger partial charge in [-0.25, -0.2) is 9.59 Å². The molecular weight excluding hydrogens is 472 g/mol. The van der Waals surface area contributed by atoms with E-state index in [4.69, 9.17) is 21.1 Å². The second-order valence-corrected chi connectivity index (χ2v) is 8.43. The molecule has 3 aromatic carbocycles. The summed E-state index contributed by atoms with van der Waals surface area (Å²) in [6, 6.07) is 19.8. The Labute approximate surface area is 207 Å². The molecule has 0 radical (unpaired) electrons. The third-order valence-corrected chi connectivity index (χ3v) is 6.25. The number of carboxylic acid groups (broad SMARTS) is 1. The van der Waals surface area contributed by atoms with Crippen molar-refractivity contribution in [3.05, 3.63) is 94.5 Å². The van der Waals surface area contributed by atoms with E-state index >= 15 is 0 Å². The minimum atomic E-state index is -1.52. The number of hydrogen-bond acceptors (Lipinski definition) is 6. The van der Waals surface area contributed by atoms with Crippen LogP contribution in [0.4, 0.5) is 5.69 Å². The standard InChI is InChI=1S/C26H23ClN2O6/c1-29-21-13-10-18(27)14-20(21)26(28-15-22(29)30,17-6-4-3-5-7-17)23(24(31)32)35-19-11-8-16(9-12-19)25(33)34-2/h3-14,23,28H,15H2,1-2H3,(H,31,32). The van der Waals surface area contributed by atoms with Gasteiger partial charge < -0.3 is 19.5 Å². The Balaban J connectivity index is 1.93. The number of carbonyl (C=O) groups is 3. The molecule has 1 amide bonds. The lowest BCUT2D eigenvalue weighted by Crippen LogP contribution is -2.58. The van der Waals surface area contributed by atoms with Gasteiger partial charge in [-0.2, -0.15) is 0 Å². The maximum absolute atomic E-state index is 12.9. The Kier molecular flexibility index (Phi) is 6.77. The minimum absolute atomic E-state index is 0.147. The quantitative estimate of drug-likeness (QED) is 0.505. The number of aliphatic carboxylic acids is 1. The van der Waals surface area contributed by atoms with E-state index in [1.807, 2.05) is 6.07 Å². The molecule has 2 unspecified atom stereocenters. The molecule has 1 aliphatic heterocycles. The second-order valence-electron chi connectivity index (χ2n) is 7.99. The fourth-order valence-electron chi connectivity index (χ4n) is 4.27. The molecule has 0 fully saturated rings. The molecule has 0 aromatic heterocycles. The van der Waals surface area contributed by atoms with Gasteiger partial charge in [0.05, 0.1) is 19.2 Å². The number of amides is 1. The van der Waals surface area contributed by atoms with Crippen LogP contribution in [0, 0.1) is 0 Å². The zero-order valence-electron chi connectivity index (χ0n) is 19.0. The fourth-order valence-corrected chi connectivity index (χ4v) is 4.44. The number of carboxylic acids is 1. The first kappa shape index (κ1) is 24.3. The summed E-state index contributed by atoms with van der Waals surface area (Å²) in [5, 5.41) is 14.0. The average molecular weight is 495 g/mol. The lowest BCUT2D eigenvalue weighted by molar-refractivity contribution is -0.149. The van der Waals surface area contributed by atoms with Crippen LogP contribution in [0.3, 0.4) is 0 Å². The number of benzene rings is 3. The molecule has 4 rings (SSSR count). The molecule has 0 saturated carbocycles. The number of anilines is 1. The van der Waals surface area contributed by atoms with Gasteiger partial charge in [0.2, 0.25) is 12.0 Å². The molecule has 0 spiro atoms. The molecule has 1 aliphatic rings. The van der Waals surface area contributed by atoms with Gasteiger partial charge in [0.15, 0.2) is 0 Å². The molecule has 0 saturated heterocycles. The van der Waals surface area contributed by atoms with Crippen LogP contribution in [0.5, 0.6) is 5.75 Å². The Morgan fingerprint density at radius 3 is 2.40 bits per heavy atom. The number of hydrogen-bond donors (Lipinski definition) is 2. The van der Waals surface area contributed by atoms with Crippen LogP contribution in [0.1, 0.15) is 21.5 Å². The number of carbonyl (C=O) groups excluding carboxylic acids is 2. The largest absolute Gasteiger partial charge is 0.478 e. The minimum Gasteiger partial charge on any atom is -0.478 e. The maximum Gasteiger partial charge on any atom is 0.347 e. The number of methoxy groups -OCH3 is 1. The summed E-state index contributed by atoms with van der Waals surface area (Å²) in [5.41, 5.74) is 0.355. The van der Waals surface area contributed by atoms with E-state index < -0.39 is 23.6 Å². The first-order valence-corrected chi connectivity index (χ1v) is 11.1. The van der Waals surface area contributed by atoms with Crippen LogP contribution in [-0.2, 0) is 19.9 Å². The number of rotatable bonds is 6. The highest BCUT2D eigenvalue weighted by Gasteiger charge is 2.51. The summed E-state index contributed by atoms with van der Waals surface area (Å²) in [5.74, 6) is -1.82. The van der Waals surface area contributed by atoms with Crippen molar-refractivity contribution in [2.24, 2.45) is 0 Å². The highest BCUT2D eigenvalue weighted by atomic mass is 35.5. The first-order valence-electron chi connectivity index (χ1n) is 10.7. The lowest BCUT2D eigenvalue weighted by atomic mass is 9.77. The van der Waals surface area contributed by atoms with Gasteiger partial charge in [0.25, 0.3) is 0 Å². The Morgan fingerprint density at radius 2 is 1.77 bits per heavy atom. The number of fused-ring (bicyclic) bond motifs is 1. The van der Waals surface area contributed by atoms with Crippen LogP contribution in [0.25, 0.3) is 0 Å². The normalized spacial score (nSPS) is 18.3. The molecule has 8 nitrogen and oxygen atoms in total. The predicted molar refractivity (Wildman–Crippen MR) is 130 cm³/mol. The van der Waals surface area contributed by atoms with Crippen LogP contribution >= 0.6 is 11.6 Å². The highest BCUT2D eigenvalue weighted by molar-refractivity contribution is 6.30. The zero-order valence-corrected chi connectivity index (χ0v) is 19.8. The first-order chi connectivity index (χ1) is 16.8. The predicted octanol–water partition coefficient (Wildman–Crippen LogP) is 3.47. The van der Waals surface area contributed by atoms with Crippen molar-refractivity contribution >= 4 is 35.1 Å². The van der Waals surface area contributed by atoms with Crippen molar-refractivity contribution < 1.29 is 29.0 Å². The van der Waals surface area contributed by atoms with Crippen molar-refractivity contribution in [2.45, 2.75) is 11.6 Å². The summed E-state index contributed by atoms with van der Waals surface area (Å²) in [4.78, 5) is 38.9. The molecule has 2 N–H and O–H groups in total. The van der Waals surface area contributed by atoms with Crippen molar-refractivity contribution in [1.82, 2.24) is 5.32 Å². The van der Waals surface area contributed by atoms with E-state index in [2.05, 4.69) is 5.32 Å². The molecule has 3 aromatic rings. The van der Waals surface area contributed by atoms with Gasteiger partial charge in [-0.3, -0.25) is 10.1 Å². The number of nitrogens with one attached hydrogen (secondary N) is 1. The molecule has 2 atom stereocenters. The SMILES string of the molecule is COC(=O)c1ccc(OC(C(=O)O)C2(c3ccccc3)NCC(=O)N(C)c3ccc(Cl)cc32)cc1. The van der Waals surface area contributed by atoms with Gasteiger partial charge in [-0.05, 0) is 48.0 Å². The maximum atomic E-state index is 12.9. The second kappa shape index (κ2) is 9.77. The molecule has 1 heterocycles. The topological polar surface area (TPSA) is 105 Å². The zero-order chi connectivity index (χ0) is 25.2. The van der Waals surface area contributed by atoms with Gasteiger partial charge >= 0.3 is 11.9 Å². The third-order valence-electron chi connectivity index (χ3n) is 6.01. The summed E-state index contributed by atoms with van der Waals surface area (Å²) in [7, 11) is 2.90. The summed E-state index contributed by atoms with van der Waals surface area (Å²) < 4.78 is 10.8. The number of ether oxygens (including phenoxy) is 2. The van der Waals surface area contributed by atoms with E-state index in [1.165, 1.54) is 36.3 Å². The number of halogens is 1. The van der Waals surface area contributed by atoms with E-state index in [0.717, 1.165) is 0 Å². The Bertz CT molecular complexity index is 1260. The average Bonchev–Trinajstić information content (AvgIpc) is 2.98. The smallest absolute Gasteiger partial charge is 0.347 e. The Hall–Kier alpha value is -3.88. The number of nitrogens with zero attached hydrogens (tertiary/aromatic N) is 1. The Morgan fingerprint density at radius 1 is 1.09 bits per heavy atom. The van der Waals surface area contributed by atoms with Gasteiger partial charge in [0.1, 0.15) is 11.3 Å². The van der Waals surface area contributed by atoms with Gasteiger partial charge in [-0.15, -0.1) is 0 Å². The fraction of sp³-hybridized carbons (Fsp3) is 0.192. The van der Waals surface area contributed by atoms with E-state index in [0.29, 0.717) is 27.4 Å². The summed E-state index contributed by atoms with van der Waals surface area (Å²) >= 11 is 6.37. The van der Waals surface area contributed by atoms with Crippen molar-refractivity contribution in [2.75, 3.05) is 25.6 Å². The van der Waals surface area contributed by atoms with Crippen molar-refractivity contribution in [3.8, 4) is 5.75 Å². The molecular formula is C26H23ClN2O6.